The van der Waals surface area contributed by atoms with Crippen molar-refractivity contribution in [2.24, 2.45) is 5.14 Å². The van der Waals surface area contributed by atoms with Crippen LogP contribution < -0.4 is 5.14 Å². The molecule has 1 unspecified atom stereocenters. The molecule has 0 spiro atoms. The SMILES string of the molecule is NS(=O)(=O)C(CCF)c1ccc(Cl)cc1Cl. The van der Waals surface area contributed by atoms with Gasteiger partial charge in [-0.1, -0.05) is 29.3 Å². The topological polar surface area (TPSA) is 60.2 Å². The minimum absolute atomic E-state index is 0.167. The third kappa shape index (κ3) is 3.31. The molecular weight excluding hydrogens is 276 g/mol. The van der Waals surface area contributed by atoms with Gasteiger partial charge in [0.2, 0.25) is 10.0 Å². The highest BCUT2D eigenvalue weighted by atomic mass is 35.5. The zero-order chi connectivity index (χ0) is 12.3. The Morgan fingerprint density at radius 3 is 2.44 bits per heavy atom. The molecule has 1 rings (SSSR count). The Bertz CT molecular complexity index is 478. The maximum absolute atomic E-state index is 12.3. The molecule has 0 saturated carbocycles. The highest BCUT2D eigenvalue weighted by molar-refractivity contribution is 7.89. The van der Waals surface area contributed by atoms with Gasteiger partial charge in [0, 0.05) is 10.0 Å². The number of halogens is 3. The Morgan fingerprint density at radius 1 is 1.38 bits per heavy atom. The predicted octanol–water partition coefficient (Wildman–Crippen LogP) is 2.68. The first kappa shape index (κ1) is 13.7. The standard InChI is InChI=1S/C9H10Cl2FNO2S/c10-6-1-2-7(8(11)5-6)9(3-4-12)16(13,14)15/h1-2,5,9H,3-4H2,(H2,13,14,15). The summed E-state index contributed by atoms with van der Waals surface area (Å²) in [5.41, 5.74) is 0.270. The van der Waals surface area contributed by atoms with Crippen LogP contribution in [0.4, 0.5) is 4.39 Å². The normalized spacial score (nSPS) is 13.8. The van der Waals surface area contributed by atoms with Crippen LogP contribution in [0.3, 0.4) is 0 Å². The van der Waals surface area contributed by atoms with Crippen LogP contribution in [0.25, 0.3) is 0 Å². The van der Waals surface area contributed by atoms with E-state index < -0.39 is 21.9 Å². The van der Waals surface area contributed by atoms with Crippen LogP contribution in [0.15, 0.2) is 18.2 Å². The van der Waals surface area contributed by atoms with E-state index in [2.05, 4.69) is 0 Å². The number of nitrogens with two attached hydrogens (primary N) is 1. The molecule has 1 aromatic carbocycles. The van der Waals surface area contributed by atoms with Crippen LogP contribution in [0.2, 0.25) is 10.0 Å². The average Bonchev–Trinajstić information content (AvgIpc) is 2.13. The van der Waals surface area contributed by atoms with Crippen LogP contribution in [0, 0.1) is 0 Å². The van der Waals surface area contributed by atoms with Crippen molar-refractivity contribution in [1.29, 1.82) is 0 Å². The van der Waals surface area contributed by atoms with E-state index in [1.54, 1.807) is 0 Å². The molecule has 0 aliphatic rings. The lowest BCUT2D eigenvalue weighted by molar-refractivity contribution is 0.461. The predicted molar refractivity (Wildman–Crippen MR) is 62.9 cm³/mol. The molecule has 1 atom stereocenters. The van der Waals surface area contributed by atoms with Gasteiger partial charge in [0.1, 0.15) is 5.25 Å². The molecule has 2 N–H and O–H groups in total. The number of alkyl halides is 1. The van der Waals surface area contributed by atoms with E-state index in [1.807, 2.05) is 0 Å². The third-order valence-electron chi connectivity index (χ3n) is 2.08. The molecule has 0 fully saturated rings. The number of primary sulfonamides is 1. The third-order valence-corrected chi connectivity index (χ3v) is 3.92. The number of rotatable bonds is 4. The molecule has 0 heterocycles. The minimum atomic E-state index is -3.88. The van der Waals surface area contributed by atoms with Gasteiger partial charge in [-0.2, -0.15) is 0 Å². The highest BCUT2D eigenvalue weighted by Gasteiger charge is 2.25. The zero-order valence-corrected chi connectivity index (χ0v) is 10.5. The average molecular weight is 286 g/mol. The molecule has 0 radical (unpaired) electrons. The summed E-state index contributed by atoms with van der Waals surface area (Å²) in [6.45, 7) is -0.792. The molecule has 3 nitrogen and oxygen atoms in total. The van der Waals surface area contributed by atoms with Gasteiger partial charge in [0.25, 0.3) is 0 Å². The van der Waals surface area contributed by atoms with Crippen LogP contribution in [-0.4, -0.2) is 15.1 Å². The van der Waals surface area contributed by atoms with E-state index >= 15 is 0 Å². The molecule has 0 bridgehead atoms. The monoisotopic (exact) mass is 285 g/mol. The minimum Gasteiger partial charge on any atom is -0.251 e. The van der Waals surface area contributed by atoms with Gasteiger partial charge in [-0.25, -0.2) is 13.6 Å². The van der Waals surface area contributed by atoms with Crippen molar-refractivity contribution in [3.63, 3.8) is 0 Å². The van der Waals surface area contributed by atoms with E-state index in [1.165, 1.54) is 18.2 Å². The second-order valence-corrected chi connectivity index (χ2v) is 5.81. The van der Waals surface area contributed by atoms with Crippen molar-refractivity contribution >= 4 is 33.2 Å². The molecule has 0 saturated heterocycles. The van der Waals surface area contributed by atoms with Crippen molar-refractivity contribution in [2.45, 2.75) is 11.7 Å². The molecule has 0 aliphatic carbocycles. The summed E-state index contributed by atoms with van der Waals surface area (Å²) in [5.74, 6) is 0. The molecule has 7 heteroatoms. The number of hydrogen-bond donors (Lipinski definition) is 1. The highest BCUT2D eigenvalue weighted by Crippen LogP contribution is 2.32. The maximum atomic E-state index is 12.3. The Morgan fingerprint density at radius 2 is 2.00 bits per heavy atom. The molecule has 16 heavy (non-hydrogen) atoms. The fourth-order valence-electron chi connectivity index (χ4n) is 1.36. The zero-order valence-electron chi connectivity index (χ0n) is 8.16. The van der Waals surface area contributed by atoms with Gasteiger partial charge in [0.05, 0.1) is 6.67 Å². The first-order valence-electron chi connectivity index (χ1n) is 4.38. The van der Waals surface area contributed by atoms with Gasteiger partial charge in [-0.15, -0.1) is 0 Å². The van der Waals surface area contributed by atoms with Crippen LogP contribution in [0.5, 0.6) is 0 Å². The molecular formula is C9H10Cl2FNO2S. The molecule has 1 aromatic rings. The van der Waals surface area contributed by atoms with Crippen LogP contribution in [-0.2, 0) is 10.0 Å². The van der Waals surface area contributed by atoms with E-state index in [-0.39, 0.29) is 17.0 Å². The maximum Gasteiger partial charge on any atom is 0.216 e. The van der Waals surface area contributed by atoms with E-state index in [0.717, 1.165) is 0 Å². The number of sulfonamides is 1. The first-order chi connectivity index (χ1) is 7.36. The first-order valence-corrected chi connectivity index (χ1v) is 6.75. The van der Waals surface area contributed by atoms with Crippen LogP contribution in [0.1, 0.15) is 17.2 Å². The fraction of sp³-hybridized carbons (Fsp3) is 0.333. The van der Waals surface area contributed by atoms with Gasteiger partial charge in [0.15, 0.2) is 0 Å². The Balaban J connectivity index is 3.22. The van der Waals surface area contributed by atoms with Crippen LogP contribution >= 0.6 is 23.2 Å². The van der Waals surface area contributed by atoms with Crippen molar-refractivity contribution in [1.82, 2.24) is 0 Å². The van der Waals surface area contributed by atoms with Crippen molar-refractivity contribution < 1.29 is 12.8 Å². The Labute approximate surface area is 103 Å². The van der Waals surface area contributed by atoms with E-state index in [0.29, 0.717) is 5.02 Å². The van der Waals surface area contributed by atoms with Gasteiger partial charge in [-0.3, -0.25) is 4.39 Å². The summed E-state index contributed by atoms with van der Waals surface area (Å²) >= 11 is 11.5. The Kier molecular flexibility index (Phi) is 4.55. The summed E-state index contributed by atoms with van der Waals surface area (Å²) in [5, 5.41) is 4.43. The molecule has 0 aliphatic heterocycles. The van der Waals surface area contributed by atoms with E-state index in [9.17, 15) is 12.8 Å². The second kappa shape index (κ2) is 5.31. The van der Waals surface area contributed by atoms with Gasteiger partial charge >= 0.3 is 0 Å². The van der Waals surface area contributed by atoms with Gasteiger partial charge in [-0.05, 0) is 24.1 Å². The smallest absolute Gasteiger partial charge is 0.216 e. The number of benzene rings is 1. The Hall–Kier alpha value is -0.360. The summed E-state index contributed by atoms with van der Waals surface area (Å²) in [7, 11) is -3.88. The number of hydrogen-bond acceptors (Lipinski definition) is 2. The largest absolute Gasteiger partial charge is 0.251 e. The molecule has 0 amide bonds. The summed E-state index contributed by atoms with van der Waals surface area (Å²) in [6, 6.07) is 4.32. The quantitative estimate of drug-likeness (QED) is 0.925. The van der Waals surface area contributed by atoms with Gasteiger partial charge < -0.3 is 0 Å². The fourth-order valence-corrected chi connectivity index (χ4v) is 2.94. The van der Waals surface area contributed by atoms with Crippen molar-refractivity contribution in [2.75, 3.05) is 6.67 Å². The summed E-state index contributed by atoms with van der Waals surface area (Å²) < 4.78 is 34.8. The second-order valence-electron chi connectivity index (χ2n) is 3.22. The summed E-state index contributed by atoms with van der Waals surface area (Å²) in [4.78, 5) is 0. The summed E-state index contributed by atoms with van der Waals surface area (Å²) in [6.07, 6.45) is -0.222. The molecule has 90 valence electrons. The lowest BCUT2D eigenvalue weighted by Gasteiger charge is -2.15. The molecule has 0 aromatic heterocycles. The lowest BCUT2D eigenvalue weighted by atomic mass is 10.1. The van der Waals surface area contributed by atoms with Crippen molar-refractivity contribution in [3.05, 3.63) is 33.8 Å². The van der Waals surface area contributed by atoms with E-state index in [4.69, 9.17) is 28.3 Å². The van der Waals surface area contributed by atoms with Crippen molar-refractivity contribution in [3.8, 4) is 0 Å². The lowest BCUT2D eigenvalue weighted by Crippen LogP contribution is -2.22.